The molecule has 0 bridgehead atoms. The summed E-state index contributed by atoms with van der Waals surface area (Å²) in [6.45, 7) is 1.42. The van der Waals surface area contributed by atoms with E-state index in [4.69, 9.17) is 27.9 Å². The Hall–Kier alpha value is -2.11. The number of nitrogens with zero attached hydrogens (tertiary/aromatic N) is 1. The number of nitro groups is 1. The van der Waals surface area contributed by atoms with E-state index in [2.05, 4.69) is 0 Å². The minimum absolute atomic E-state index is 0.114. The highest BCUT2D eigenvalue weighted by Crippen LogP contribution is 2.36. The Morgan fingerprint density at radius 2 is 1.81 bits per heavy atom. The first-order valence-electron chi connectivity index (χ1n) is 5.81. The van der Waals surface area contributed by atoms with E-state index < -0.39 is 4.92 Å². The largest absolute Gasteiger partial charge is 0.454 e. The van der Waals surface area contributed by atoms with Crippen molar-refractivity contribution in [3.05, 3.63) is 62.1 Å². The third-order valence-corrected chi connectivity index (χ3v) is 3.29. The van der Waals surface area contributed by atoms with Gasteiger partial charge < -0.3 is 4.74 Å². The van der Waals surface area contributed by atoms with Crippen molar-refractivity contribution in [2.24, 2.45) is 0 Å². The van der Waals surface area contributed by atoms with Gasteiger partial charge in [-0.05, 0) is 31.2 Å². The summed E-state index contributed by atoms with van der Waals surface area (Å²) in [6.07, 6.45) is 0. The van der Waals surface area contributed by atoms with Crippen LogP contribution in [0.15, 0.2) is 36.4 Å². The highest BCUT2D eigenvalue weighted by atomic mass is 35.5. The standard InChI is InChI=1S/C14H9Cl2NO4/c1-8(18)9-2-5-13(12(16)6-9)21-14-7-10(17(19)20)3-4-11(14)15/h2-7H,1H3. The summed E-state index contributed by atoms with van der Waals surface area (Å²) >= 11 is 12.0. The zero-order valence-electron chi connectivity index (χ0n) is 10.8. The molecule has 0 unspecified atom stereocenters. The Kier molecular flexibility index (Phi) is 4.45. The second-order valence-corrected chi connectivity index (χ2v) is 4.99. The average Bonchev–Trinajstić information content (AvgIpc) is 2.42. The highest BCUT2D eigenvalue weighted by Gasteiger charge is 2.13. The molecule has 0 saturated heterocycles. The van der Waals surface area contributed by atoms with Gasteiger partial charge in [0.05, 0.1) is 21.0 Å². The van der Waals surface area contributed by atoms with Gasteiger partial charge in [0.2, 0.25) is 0 Å². The molecule has 0 atom stereocenters. The summed E-state index contributed by atoms with van der Waals surface area (Å²) < 4.78 is 5.49. The second-order valence-electron chi connectivity index (χ2n) is 4.18. The Morgan fingerprint density at radius 3 is 2.38 bits per heavy atom. The smallest absolute Gasteiger partial charge is 0.273 e. The summed E-state index contributed by atoms with van der Waals surface area (Å²) in [7, 11) is 0. The molecular formula is C14H9Cl2NO4. The van der Waals surface area contributed by atoms with Crippen molar-refractivity contribution < 1.29 is 14.5 Å². The van der Waals surface area contributed by atoms with Crippen LogP contribution in [0, 0.1) is 10.1 Å². The zero-order chi connectivity index (χ0) is 15.6. The molecule has 0 heterocycles. The number of halogens is 2. The van der Waals surface area contributed by atoms with Crippen LogP contribution in [-0.2, 0) is 0 Å². The number of non-ortho nitro benzene ring substituents is 1. The topological polar surface area (TPSA) is 69.4 Å². The molecule has 0 aromatic heterocycles. The molecule has 0 radical (unpaired) electrons. The van der Waals surface area contributed by atoms with Crippen LogP contribution in [0.5, 0.6) is 11.5 Å². The minimum atomic E-state index is -0.552. The maximum absolute atomic E-state index is 11.2. The molecule has 7 heteroatoms. The van der Waals surface area contributed by atoms with E-state index in [-0.39, 0.29) is 33.0 Å². The molecule has 0 aliphatic rings. The highest BCUT2D eigenvalue weighted by molar-refractivity contribution is 6.33. The Bertz CT molecular complexity index is 731. The predicted molar refractivity (Wildman–Crippen MR) is 79.6 cm³/mol. The molecule has 2 rings (SSSR count). The number of ether oxygens (including phenoxy) is 1. The minimum Gasteiger partial charge on any atom is -0.454 e. The van der Waals surface area contributed by atoms with Gasteiger partial charge in [0.1, 0.15) is 5.75 Å². The summed E-state index contributed by atoms with van der Waals surface area (Å²) in [5, 5.41) is 11.2. The molecule has 108 valence electrons. The summed E-state index contributed by atoms with van der Waals surface area (Å²) in [5.74, 6) is 0.240. The van der Waals surface area contributed by atoms with E-state index in [1.165, 1.54) is 37.3 Å². The molecular weight excluding hydrogens is 317 g/mol. The van der Waals surface area contributed by atoms with Crippen molar-refractivity contribution in [2.75, 3.05) is 0 Å². The fraction of sp³-hybridized carbons (Fsp3) is 0.0714. The first kappa shape index (κ1) is 15.3. The summed E-state index contributed by atoms with van der Waals surface area (Å²) in [4.78, 5) is 21.4. The van der Waals surface area contributed by atoms with E-state index in [1.807, 2.05) is 0 Å². The van der Waals surface area contributed by atoms with Gasteiger partial charge in [-0.15, -0.1) is 0 Å². The van der Waals surface area contributed by atoms with Crippen LogP contribution in [0.4, 0.5) is 5.69 Å². The number of carbonyl (C=O) groups excluding carboxylic acids is 1. The van der Waals surface area contributed by atoms with Gasteiger partial charge in [-0.3, -0.25) is 14.9 Å². The van der Waals surface area contributed by atoms with Gasteiger partial charge in [-0.25, -0.2) is 0 Å². The van der Waals surface area contributed by atoms with Crippen molar-refractivity contribution in [3.8, 4) is 11.5 Å². The third-order valence-electron chi connectivity index (χ3n) is 2.68. The number of Topliss-reactive ketones (excluding diaryl/α,β-unsaturated/α-hetero) is 1. The van der Waals surface area contributed by atoms with Gasteiger partial charge in [0.15, 0.2) is 11.5 Å². The fourth-order valence-corrected chi connectivity index (χ4v) is 1.98. The van der Waals surface area contributed by atoms with Gasteiger partial charge in [0.25, 0.3) is 5.69 Å². The van der Waals surface area contributed by atoms with E-state index in [9.17, 15) is 14.9 Å². The van der Waals surface area contributed by atoms with Crippen LogP contribution in [0.25, 0.3) is 0 Å². The van der Waals surface area contributed by atoms with Crippen molar-refractivity contribution in [2.45, 2.75) is 6.92 Å². The number of nitro benzene ring substituents is 1. The van der Waals surface area contributed by atoms with Crippen molar-refractivity contribution in [1.82, 2.24) is 0 Å². The van der Waals surface area contributed by atoms with Crippen LogP contribution in [0.1, 0.15) is 17.3 Å². The third kappa shape index (κ3) is 3.51. The molecule has 0 spiro atoms. The Balaban J connectivity index is 2.36. The zero-order valence-corrected chi connectivity index (χ0v) is 12.3. The Morgan fingerprint density at radius 1 is 1.10 bits per heavy atom. The molecule has 21 heavy (non-hydrogen) atoms. The molecule has 0 aliphatic carbocycles. The lowest BCUT2D eigenvalue weighted by molar-refractivity contribution is -0.384. The van der Waals surface area contributed by atoms with Gasteiger partial charge in [-0.1, -0.05) is 23.2 Å². The molecule has 0 amide bonds. The summed E-state index contributed by atoms with van der Waals surface area (Å²) in [6, 6.07) is 8.37. The van der Waals surface area contributed by atoms with Crippen LogP contribution in [-0.4, -0.2) is 10.7 Å². The quantitative estimate of drug-likeness (QED) is 0.455. The van der Waals surface area contributed by atoms with Crippen LogP contribution in [0.3, 0.4) is 0 Å². The van der Waals surface area contributed by atoms with Gasteiger partial charge in [0, 0.05) is 11.6 Å². The van der Waals surface area contributed by atoms with E-state index in [1.54, 1.807) is 6.07 Å². The number of carbonyl (C=O) groups is 1. The predicted octanol–water partition coefficient (Wildman–Crippen LogP) is 4.90. The van der Waals surface area contributed by atoms with Crippen LogP contribution < -0.4 is 4.74 Å². The molecule has 0 saturated carbocycles. The van der Waals surface area contributed by atoms with Gasteiger partial charge >= 0.3 is 0 Å². The maximum Gasteiger partial charge on any atom is 0.273 e. The van der Waals surface area contributed by atoms with Gasteiger partial charge in [-0.2, -0.15) is 0 Å². The molecule has 0 N–H and O–H groups in total. The maximum atomic E-state index is 11.2. The lowest BCUT2D eigenvalue weighted by atomic mass is 10.1. The van der Waals surface area contributed by atoms with Crippen LogP contribution in [0.2, 0.25) is 10.0 Å². The molecule has 0 fully saturated rings. The van der Waals surface area contributed by atoms with Crippen LogP contribution >= 0.6 is 23.2 Å². The first-order chi connectivity index (χ1) is 9.88. The molecule has 0 aliphatic heterocycles. The molecule has 2 aromatic rings. The molecule has 5 nitrogen and oxygen atoms in total. The number of benzene rings is 2. The SMILES string of the molecule is CC(=O)c1ccc(Oc2cc([N+](=O)[O-])ccc2Cl)c(Cl)c1. The average molecular weight is 326 g/mol. The number of hydrogen-bond donors (Lipinski definition) is 0. The number of ketones is 1. The number of rotatable bonds is 4. The second kappa shape index (κ2) is 6.11. The molecule has 2 aromatic carbocycles. The normalized spacial score (nSPS) is 10.2. The number of hydrogen-bond acceptors (Lipinski definition) is 4. The lowest BCUT2D eigenvalue weighted by Crippen LogP contribution is -1.94. The van der Waals surface area contributed by atoms with E-state index >= 15 is 0 Å². The summed E-state index contributed by atoms with van der Waals surface area (Å²) in [5.41, 5.74) is 0.295. The lowest BCUT2D eigenvalue weighted by Gasteiger charge is -2.09. The van der Waals surface area contributed by atoms with Crippen molar-refractivity contribution in [3.63, 3.8) is 0 Å². The van der Waals surface area contributed by atoms with Crippen molar-refractivity contribution in [1.29, 1.82) is 0 Å². The first-order valence-corrected chi connectivity index (χ1v) is 6.56. The van der Waals surface area contributed by atoms with E-state index in [0.29, 0.717) is 5.56 Å². The monoisotopic (exact) mass is 325 g/mol. The van der Waals surface area contributed by atoms with E-state index in [0.717, 1.165) is 0 Å². The Labute approximate surface area is 130 Å². The van der Waals surface area contributed by atoms with Crippen molar-refractivity contribution >= 4 is 34.7 Å². The fourth-order valence-electron chi connectivity index (χ4n) is 1.60.